The van der Waals surface area contributed by atoms with Crippen molar-refractivity contribution in [3.05, 3.63) is 115 Å². The normalized spacial score (nSPS) is 10.9. The predicted octanol–water partition coefficient (Wildman–Crippen LogP) is 4.54. The van der Waals surface area contributed by atoms with Crippen molar-refractivity contribution in [2.75, 3.05) is 7.05 Å². The fraction of sp³-hybridized carbons (Fsp3) is 0.259. The van der Waals surface area contributed by atoms with E-state index >= 15 is 0 Å². The fourth-order valence-corrected chi connectivity index (χ4v) is 4.71. The first-order valence-electron chi connectivity index (χ1n) is 11.2. The van der Waals surface area contributed by atoms with E-state index in [4.69, 9.17) is 0 Å². The Morgan fingerprint density at radius 2 is 1.82 bits per heavy atom. The minimum atomic E-state index is -0.289. The maximum atomic E-state index is 13.7. The lowest BCUT2D eigenvalue weighted by atomic mass is 9.98. The van der Waals surface area contributed by atoms with E-state index in [0.717, 1.165) is 38.8 Å². The maximum Gasteiger partial charge on any atom is 0.259 e. The Morgan fingerprint density at radius 3 is 2.50 bits per heavy atom. The average Bonchev–Trinajstić information content (AvgIpc) is 3.22. The van der Waals surface area contributed by atoms with Crippen LogP contribution in [0.3, 0.4) is 0 Å². The highest BCUT2D eigenvalue weighted by molar-refractivity contribution is 7.09. The van der Waals surface area contributed by atoms with Gasteiger partial charge in [0.1, 0.15) is 5.56 Å². The minimum absolute atomic E-state index is 0.220. The molecule has 1 amide bonds. The topological polar surface area (TPSA) is 68.1 Å². The highest BCUT2D eigenvalue weighted by Crippen LogP contribution is 2.20. The van der Waals surface area contributed by atoms with Gasteiger partial charge < -0.3 is 9.47 Å². The van der Waals surface area contributed by atoms with Crippen LogP contribution in [-0.2, 0) is 19.5 Å². The molecule has 0 N–H and O–H groups in total. The van der Waals surface area contributed by atoms with Gasteiger partial charge in [-0.05, 0) is 49.6 Å². The molecule has 1 aromatic carbocycles. The summed E-state index contributed by atoms with van der Waals surface area (Å²) in [5, 5.41) is 2.90. The molecule has 3 aromatic heterocycles. The van der Waals surface area contributed by atoms with E-state index in [0.29, 0.717) is 19.5 Å². The quantitative estimate of drug-likeness (QED) is 0.396. The van der Waals surface area contributed by atoms with Crippen molar-refractivity contribution in [1.29, 1.82) is 0 Å². The molecule has 0 saturated heterocycles. The number of aryl methyl sites for hydroxylation is 3. The summed E-state index contributed by atoms with van der Waals surface area (Å²) in [6.45, 7) is 6.80. The molecule has 174 valence electrons. The van der Waals surface area contributed by atoms with Crippen LogP contribution in [-0.4, -0.2) is 32.4 Å². The summed E-state index contributed by atoms with van der Waals surface area (Å²) in [5.74, 6) is -0.289. The van der Waals surface area contributed by atoms with Crippen LogP contribution in [0.4, 0.5) is 0 Å². The Morgan fingerprint density at radius 1 is 1.09 bits per heavy atom. The molecule has 0 aliphatic heterocycles. The first-order chi connectivity index (χ1) is 16.3. The summed E-state index contributed by atoms with van der Waals surface area (Å²) < 4.78 is 2.08. The van der Waals surface area contributed by atoms with Gasteiger partial charge in [0.2, 0.25) is 0 Å². The number of carbonyl (C=O) groups excluding carboxylic acids is 1. The van der Waals surface area contributed by atoms with Crippen molar-refractivity contribution < 1.29 is 4.79 Å². The summed E-state index contributed by atoms with van der Waals surface area (Å²) in [6.07, 6.45) is 3.99. The predicted molar refractivity (Wildman–Crippen MR) is 135 cm³/mol. The van der Waals surface area contributed by atoms with Gasteiger partial charge in [0, 0.05) is 55.2 Å². The van der Waals surface area contributed by atoms with Gasteiger partial charge in [-0.1, -0.05) is 24.3 Å². The largest absolute Gasteiger partial charge is 0.343 e. The van der Waals surface area contributed by atoms with Crippen molar-refractivity contribution in [3.8, 4) is 0 Å². The molecule has 0 fully saturated rings. The molecular weight excluding hydrogens is 444 g/mol. The second-order valence-corrected chi connectivity index (χ2v) is 9.60. The van der Waals surface area contributed by atoms with E-state index in [1.807, 2.05) is 43.5 Å². The maximum absolute atomic E-state index is 13.7. The van der Waals surface area contributed by atoms with Crippen LogP contribution in [0.5, 0.6) is 0 Å². The standard InChI is InChI=1S/C27H28N4O2S/c1-18-7-5-6-8-22(18)14-24-26(27(33)30(4)16-23-17-34-20(3)29-23)25(32)13-19(2)31(24)15-21-9-11-28-12-10-21/h5-13,17H,14-16H2,1-4H3. The first kappa shape index (κ1) is 23.6. The third-order valence-electron chi connectivity index (χ3n) is 5.96. The smallest absolute Gasteiger partial charge is 0.259 e. The molecule has 0 aliphatic rings. The second-order valence-electron chi connectivity index (χ2n) is 8.54. The number of hydrogen-bond donors (Lipinski definition) is 0. The Balaban J connectivity index is 1.82. The number of amides is 1. The molecule has 3 heterocycles. The summed E-state index contributed by atoms with van der Waals surface area (Å²) in [6, 6.07) is 13.6. The van der Waals surface area contributed by atoms with E-state index in [1.54, 1.807) is 41.7 Å². The van der Waals surface area contributed by atoms with E-state index in [9.17, 15) is 9.59 Å². The number of nitrogens with zero attached hydrogens (tertiary/aromatic N) is 4. The lowest BCUT2D eigenvalue weighted by Crippen LogP contribution is -2.34. The molecule has 4 rings (SSSR count). The molecule has 6 nitrogen and oxygen atoms in total. The van der Waals surface area contributed by atoms with Gasteiger partial charge in [0.15, 0.2) is 5.43 Å². The van der Waals surface area contributed by atoms with Crippen LogP contribution in [0.15, 0.2) is 65.0 Å². The van der Waals surface area contributed by atoms with E-state index < -0.39 is 0 Å². The van der Waals surface area contributed by atoms with Gasteiger partial charge in [-0.25, -0.2) is 4.98 Å². The Hall–Kier alpha value is -3.58. The van der Waals surface area contributed by atoms with Crippen LogP contribution >= 0.6 is 11.3 Å². The number of hydrogen-bond acceptors (Lipinski definition) is 5. The monoisotopic (exact) mass is 472 g/mol. The first-order valence-corrected chi connectivity index (χ1v) is 12.0. The molecule has 0 spiro atoms. The van der Waals surface area contributed by atoms with E-state index in [1.165, 1.54) is 0 Å². The van der Waals surface area contributed by atoms with E-state index in [-0.39, 0.29) is 16.9 Å². The van der Waals surface area contributed by atoms with Gasteiger partial charge in [-0.15, -0.1) is 11.3 Å². The molecular formula is C27H28N4O2S. The third-order valence-corrected chi connectivity index (χ3v) is 6.78. The highest BCUT2D eigenvalue weighted by Gasteiger charge is 2.24. The van der Waals surface area contributed by atoms with Crippen molar-refractivity contribution in [2.24, 2.45) is 0 Å². The molecule has 4 aromatic rings. The number of benzene rings is 1. The molecule has 0 saturated carbocycles. The number of carbonyl (C=O) groups is 1. The molecule has 0 atom stereocenters. The van der Waals surface area contributed by atoms with Gasteiger partial charge >= 0.3 is 0 Å². The van der Waals surface area contributed by atoms with Crippen molar-refractivity contribution in [2.45, 2.75) is 40.3 Å². The summed E-state index contributed by atoms with van der Waals surface area (Å²) in [4.78, 5) is 37.1. The van der Waals surface area contributed by atoms with Crippen molar-refractivity contribution in [1.82, 2.24) is 19.4 Å². The van der Waals surface area contributed by atoms with Crippen LogP contribution in [0.1, 0.15) is 49.1 Å². The summed E-state index contributed by atoms with van der Waals surface area (Å²) in [5.41, 5.74) is 5.60. The van der Waals surface area contributed by atoms with Crippen LogP contribution < -0.4 is 5.43 Å². The second kappa shape index (κ2) is 10.1. The highest BCUT2D eigenvalue weighted by atomic mass is 32.1. The van der Waals surface area contributed by atoms with Gasteiger partial charge in [-0.3, -0.25) is 14.6 Å². The number of thiazole rings is 1. The Kier molecular flexibility index (Phi) is 7.03. The lowest BCUT2D eigenvalue weighted by molar-refractivity contribution is 0.0780. The van der Waals surface area contributed by atoms with E-state index in [2.05, 4.69) is 33.6 Å². The summed E-state index contributed by atoms with van der Waals surface area (Å²) in [7, 11) is 1.72. The molecule has 0 radical (unpaired) electrons. The van der Waals surface area contributed by atoms with Crippen molar-refractivity contribution in [3.63, 3.8) is 0 Å². The molecule has 0 bridgehead atoms. The lowest BCUT2D eigenvalue weighted by Gasteiger charge is -2.23. The Bertz CT molecular complexity index is 1380. The van der Waals surface area contributed by atoms with Gasteiger partial charge in [0.25, 0.3) is 5.91 Å². The van der Waals surface area contributed by atoms with Crippen molar-refractivity contribution >= 4 is 17.2 Å². The zero-order valence-corrected chi connectivity index (χ0v) is 20.7. The minimum Gasteiger partial charge on any atom is -0.343 e. The zero-order valence-electron chi connectivity index (χ0n) is 19.9. The molecule has 7 heteroatoms. The number of aromatic nitrogens is 3. The number of rotatable bonds is 7. The molecule has 0 unspecified atom stereocenters. The van der Waals surface area contributed by atoms with Crippen LogP contribution in [0, 0.1) is 20.8 Å². The molecule has 34 heavy (non-hydrogen) atoms. The Labute approximate surface area is 203 Å². The number of pyridine rings is 2. The van der Waals surface area contributed by atoms with Gasteiger partial charge in [0.05, 0.1) is 17.2 Å². The fourth-order valence-electron chi connectivity index (χ4n) is 4.11. The zero-order chi connectivity index (χ0) is 24.2. The van der Waals surface area contributed by atoms with Gasteiger partial charge in [-0.2, -0.15) is 0 Å². The average molecular weight is 473 g/mol. The summed E-state index contributed by atoms with van der Waals surface area (Å²) >= 11 is 1.55. The third kappa shape index (κ3) is 5.15. The molecule has 0 aliphatic carbocycles. The van der Waals surface area contributed by atoms with Crippen LogP contribution in [0.2, 0.25) is 0 Å². The van der Waals surface area contributed by atoms with Crippen LogP contribution in [0.25, 0.3) is 0 Å². The SMILES string of the molecule is Cc1nc(CN(C)C(=O)c2c(Cc3ccccc3C)n(Cc3ccncc3)c(C)cc2=O)cs1.